The van der Waals surface area contributed by atoms with E-state index in [0.29, 0.717) is 11.3 Å². The van der Waals surface area contributed by atoms with Crippen LogP contribution in [0.4, 0.5) is 0 Å². The minimum absolute atomic E-state index is 0.257. The van der Waals surface area contributed by atoms with E-state index in [1.54, 1.807) is 24.4 Å². The number of hydrogen-bond donors (Lipinski definition) is 1. The normalized spacial score (nSPS) is 10.6. The van der Waals surface area contributed by atoms with Gasteiger partial charge >= 0.3 is 0 Å². The van der Waals surface area contributed by atoms with E-state index < -0.39 is 0 Å². The number of hydrogen-bond acceptors (Lipinski definition) is 3. The fourth-order valence-corrected chi connectivity index (χ4v) is 1.79. The average Bonchev–Trinajstić information content (AvgIpc) is 2.43. The summed E-state index contributed by atoms with van der Waals surface area (Å²) in [6.07, 6.45) is 3.17. The number of nitrogens with one attached hydrogen (secondary N) is 1. The Kier molecular flexibility index (Phi) is 4.41. The van der Waals surface area contributed by atoms with Gasteiger partial charge in [0.1, 0.15) is 0 Å². The van der Waals surface area contributed by atoms with Crippen molar-refractivity contribution < 1.29 is 4.79 Å². The second kappa shape index (κ2) is 6.24. The lowest BCUT2D eigenvalue weighted by Crippen LogP contribution is -2.17. The van der Waals surface area contributed by atoms with Crippen molar-refractivity contribution in [2.75, 3.05) is 0 Å². The van der Waals surface area contributed by atoms with Crippen LogP contribution in [0.5, 0.6) is 0 Å². The first-order valence-corrected chi connectivity index (χ1v) is 6.47. The van der Waals surface area contributed by atoms with E-state index in [1.807, 2.05) is 25.1 Å². The molecule has 0 radical (unpaired) electrons. The summed E-state index contributed by atoms with van der Waals surface area (Å²) in [5.74, 6) is -0.257. The minimum atomic E-state index is -0.257. The largest absolute Gasteiger partial charge is 0.271 e. The fraction of sp³-hybridized carbons (Fsp3) is 0.0714. The van der Waals surface area contributed by atoms with Crippen molar-refractivity contribution in [2.45, 2.75) is 6.92 Å². The summed E-state index contributed by atoms with van der Waals surface area (Å²) in [7, 11) is 0. The van der Waals surface area contributed by atoms with E-state index in [9.17, 15) is 4.79 Å². The second-order valence-electron chi connectivity index (χ2n) is 3.92. The molecule has 0 saturated carbocycles. The number of benzene rings is 1. The first-order chi connectivity index (χ1) is 9.16. The van der Waals surface area contributed by atoms with Crippen LogP contribution in [-0.4, -0.2) is 17.1 Å². The summed E-state index contributed by atoms with van der Waals surface area (Å²) in [6.45, 7) is 1.96. The molecular formula is C14H12BrN3O. The Hall–Kier alpha value is -2.01. The standard InChI is InChI=1S/C14H12BrN3O/c1-10-5-6-11(8-13(10)15)14(19)18-17-9-12-4-2-3-7-16-12/h2-9H,1H3,(H,18,19)/b17-9+. The molecular weight excluding hydrogens is 306 g/mol. The molecule has 1 aromatic carbocycles. The van der Waals surface area contributed by atoms with Crippen molar-refractivity contribution in [1.29, 1.82) is 0 Å². The quantitative estimate of drug-likeness (QED) is 0.699. The number of rotatable bonds is 3. The third-order valence-electron chi connectivity index (χ3n) is 2.48. The predicted molar refractivity (Wildman–Crippen MR) is 78.2 cm³/mol. The molecule has 1 N–H and O–H groups in total. The first-order valence-electron chi connectivity index (χ1n) is 5.67. The molecule has 1 heterocycles. The van der Waals surface area contributed by atoms with Crippen molar-refractivity contribution in [3.8, 4) is 0 Å². The van der Waals surface area contributed by atoms with Gasteiger partial charge in [0.15, 0.2) is 0 Å². The number of amides is 1. The second-order valence-corrected chi connectivity index (χ2v) is 4.77. The zero-order valence-electron chi connectivity index (χ0n) is 10.3. The Labute approximate surface area is 119 Å². The van der Waals surface area contributed by atoms with Gasteiger partial charge in [-0.1, -0.05) is 28.1 Å². The molecule has 5 heteroatoms. The van der Waals surface area contributed by atoms with Gasteiger partial charge in [-0.05, 0) is 36.8 Å². The van der Waals surface area contributed by atoms with Crippen LogP contribution >= 0.6 is 15.9 Å². The molecule has 0 aliphatic rings. The number of halogens is 1. The predicted octanol–water partition coefficient (Wildman–Crippen LogP) is 2.92. The van der Waals surface area contributed by atoms with Gasteiger partial charge in [0.05, 0.1) is 11.9 Å². The molecule has 1 aromatic heterocycles. The molecule has 0 fully saturated rings. The minimum Gasteiger partial charge on any atom is -0.267 e. The molecule has 0 unspecified atom stereocenters. The van der Waals surface area contributed by atoms with Crippen LogP contribution in [0.1, 0.15) is 21.6 Å². The average molecular weight is 318 g/mol. The van der Waals surface area contributed by atoms with Crippen molar-refractivity contribution in [1.82, 2.24) is 10.4 Å². The summed E-state index contributed by atoms with van der Waals surface area (Å²) in [6, 6.07) is 10.9. The fourth-order valence-electron chi connectivity index (χ4n) is 1.41. The summed E-state index contributed by atoms with van der Waals surface area (Å²) < 4.78 is 0.897. The zero-order valence-corrected chi connectivity index (χ0v) is 11.9. The zero-order chi connectivity index (χ0) is 13.7. The summed E-state index contributed by atoms with van der Waals surface area (Å²) >= 11 is 3.39. The number of aryl methyl sites for hydroxylation is 1. The highest BCUT2D eigenvalue weighted by molar-refractivity contribution is 9.10. The molecule has 19 heavy (non-hydrogen) atoms. The van der Waals surface area contributed by atoms with Crippen molar-refractivity contribution in [3.05, 3.63) is 63.9 Å². The van der Waals surface area contributed by atoms with Gasteiger partial charge in [-0.2, -0.15) is 5.10 Å². The van der Waals surface area contributed by atoms with Crippen LogP contribution in [0.15, 0.2) is 52.2 Å². The summed E-state index contributed by atoms with van der Waals surface area (Å²) in [5.41, 5.74) is 4.78. The topological polar surface area (TPSA) is 54.4 Å². The third-order valence-corrected chi connectivity index (χ3v) is 3.34. The van der Waals surface area contributed by atoms with E-state index in [2.05, 4.69) is 31.4 Å². The van der Waals surface area contributed by atoms with Crippen LogP contribution < -0.4 is 5.43 Å². The molecule has 0 atom stereocenters. The van der Waals surface area contributed by atoms with Crippen molar-refractivity contribution in [3.63, 3.8) is 0 Å². The Bertz CT molecular complexity index is 611. The van der Waals surface area contributed by atoms with E-state index in [0.717, 1.165) is 10.0 Å². The highest BCUT2D eigenvalue weighted by Crippen LogP contribution is 2.17. The number of aromatic nitrogens is 1. The van der Waals surface area contributed by atoms with Crippen LogP contribution in [-0.2, 0) is 0 Å². The number of carbonyl (C=O) groups is 1. The van der Waals surface area contributed by atoms with Crippen LogP contribution in [0.2, 0.25) is 0 Å². The Morgan fingerprint density at radius 1 is 1.37 bits per heavy atom. The number of nitrogens with zero attached hydrogens (tertiary/aromatic N) is 2. The third kappa shape index (κ3) is 3.72. The Balaban J connectivity index is 2.01. The van der Waals surface area contributed by atoms with E-state index in [4.69, 9.17) is 0 Å². The maximum Gasteiger partial charge on any atom is 0.271 e. The molecule has 2 aromatic rings. The number of hydrazone groups is 1. The maximum absolute atomic E-state index is 11.8. The molecule has 4 nitrogen and oxygen atoms in total. The summed E-state index contributed by atoms with van der Waals surface area (Å²) in [4.78, 5) is 15.9. The molecule has 0 saturated heterocycles. The van der Waals surface area contributed by atoms with Crippen LogP contribution in [0.25, 0.3) is 0 Å². The lowest BCUT2D eigenvalue weighted by Gasteiger charge is -2.02. The molecule has 0 aliphatic carbocycles. The van der Waals surface area contributed by atoms with Gasteiger partial charge in [-0.15, -0.1) is 0 Å². The van der Waals surface area contributed by atoms with E-state index in [1.165, 1.54) is 6.21 Å². The maximum atomic E-state index is 11.8. The van der Waals surface area contributed by atoms with Crippen molar-refractivity contribution >= 4 is 28.1 Å². The van der Waals surface area contributed by atoms with E-state index in [-0.39, 0.29) is 5.91 Å². The monoisotopic (exact) mass is 317 g/mol. The van der Waals surface area contributed by atoms with E-state index >= 15 is 0 Å². The molecule has 0 spiro atoms. The molecule has 2 rings (SSSR count). The highest BCUT2D eigenvalue weighted by Gasteiger charge is 2.05. The molecule has 0 aliphatic heterocycles. The Morgan fingerprint density at radius 2 is 2.21 bits per heavy atom. The highest BCUT2D eigenvalue weighted by atomic mass is 79.9. The van der Waals surface area contributed by atoms with Gasteiger partial charge < -0.3 is 0 Å². The molecule has 1 amide bonds. The SMILES string of the molecule is Cc1ccc(C(=O)N/N=C/c2ccccn2)cc1Br. The smallest absolute Gasteiger partial charge is 0.267 e. The van der Waals surface area contributed by atoms with Gasteiger partial charge in [0, 0.05) is 16.2 Å². The van der Waals surface area contributed by atoms with Gasteiger partial charge in [0.2, 0.25) is 0 Å². The lowest BCUT2D eigenvalue weighted by molar-refractivity contribution is 0.0955. The van der Waals surface area contributed by atoms with Gasteiger partial charge in [-0.25, -0.2) is 5.43 Å². The lowest BCUT2D eigenvalue weighted by atomic mass is 10.1. The Morgan fingerprint density at radius 3 is 2.89 bits per heavy atom. The van der Waals surface area contributed by atoms with Crippen LogP contribution in [0, 0.1) is 6.92 Å². The number of pyridine rings is 1. The number of carbonyl (C=O) groups excluding carboxylic acids is 1. The van der Waals surface area contributed by atoms with Gasteiger partial charge in [0.25, 0.3) is 5.91 Å². The molecule has 96 valence electrons. The van der Waals surface area contributed by atoms with Crippen molar-refractivity contribution in [2.24, 2.45) is 5.10 Å². The first kappa shape index (κ1) is 13.4. The summed E-state index contributed by atoms with van der Waals surface area (Å²) in [5, 5.41) is 3.87. The van der Waals surface area contributed by atoms with Crippen LogP contribution in [0.3, 0.4) is 0 Å². The van der Waals surface area contributed by atoms with Gasteiger partial charge in [-0.3, -0.25) is 9.78 Å². The molecule has 0 bridgehead atoms.